The van der Waals surface area contributed by atoms with E-state index in [1.807, 2.05) is 20.8 Å². The summed E-state index contributed by atoms with van der Waals surface area (Å²) >= 11 is 0. The third kappa shape index (κ3) is 4.18. The number of hydrogen-bond acceptors (Lipinski definition) is 4. The average Bonchev–Trinajstić information content (AvgIpc) is 2.50. The van der Waals surface area contributed by atoms with Gasteiger partial charge < -0.3 is 20.7 Å². The maximum Gasteiger partial charge on any atom is 0.245 e. The van der Waals surface area contributed by atoms with Crippen LogP contribution in [-0.4, -0.2) is 55.1 Å². The number of carbonyl (C=O) groups excluding carboxylic acids is 2. The van der Waals surface area contributed by atoms with Gasteiger partial charge in [-0.25, -0.2) is 0 Å². The van der Waals surface area contributed by atoms with Crippen LogP contribution in [-0.2, 0) is 14.3 Å². The van der Waals surface area contributed by atoms with Crippen molar-refractivity contribution in [3.63, 3.8) is 0 Å². The number of amides is 2. The van der Waals surface area contributed by atoms with Gasteiger partial charge >= 0.3 is 0 Å². The summed E-state index contributed by atoms with van der Waals surface area (Å²) in [6, 6.07) is -1.11. The van der Waals surface area contributed by atoms with Gasteiger partial charge in [0, 0.05) is 13.1 Å². The number of hydrogen-bond donors (Lipinski definition) is 2. The number of nitrogens with one attached hydrogen (secondary N) is 1. The molecule has 20 heavy (non-hydrogen) atoms. The van der Waals surface area contributed by atoms with Gasteiger partial charge in [0.15, 0.2) is 0 Å². The molecule has 116 valence electrons. The first-order valence-corrected chi connectivity index (χ1v) is 7.44. The van der Waals surface area contributed by atoms with E-state index in [-0.39, 0.29) is 24.3 Å². The zero-order valence-electron chi connectivity index (χ0n) is 12.7. The third-order valence-electron chi connectivity index (χ3n) is 3.81. The summed E-state index contributed by atoms with van der Waals surface area (Å²) < 4.78 is 5.33. The predicted octanol–water partition coefficient (Wildman–Crippen LogP) is 0.113. The minimum atomic E-state index is -0.557. The summed E-state index contributed by atoms with van der Waals surface area (Å²) in [5.74, 6) is -0.208. The molecule has 0 aromatic heterocycles. The molecule has 0 saturated carbocycles. The molecule has 0 aromatic carbocycles. The van der Waals surface area contributed by atoms with Crippen LogP contribution in [0.1, 0.15) is 33.6 Å². The van der Waals surface area contributed by atoms with Crippen LogP contribution >= 0.6 is 0 Å². The molecule has 0 radical (unpaired) electrons. The molecule has 3 unspecified atom stereocenters. The van der Waals surface area contributed by atoms with Crippen molar-refractivity contribution < 1.29 is 14.3 Å². The fraction of sp³-hybridized carbons (Fsp3) is 0.857. The first-order valence-electron chi connectivity index (χ1n) is 7.44. The molecule has 0 aromatic rings. The second-order valence-electron chi connectivity index (χ2n) is 5.32. The van der Waals surface area contributed by atoms with E-state index in [0.29, 0.717) is 19.7 Å². The van der Waals surface area contributed by atoms with Crippen LogP contribution in [0.25, 0.3) is 0 Å². The zero-order chi connectivity index (χ0) is 15.1. The van der Waals surface area contributed by atoms with E-state index in [2.05, 4.69) is 5.32 Å². The van der Waals surface area contributed by atoms with Crippen molar-refractivity contribution in [1.29, 1.82) is 0 Å². The Morgan fingerprint density at radius 1 is 1.45 bits per heavy atom. The molecule has 1 aliphatic rings. The van der Waals surface area contributed by atoms with Crippen molar-refractivity contribution in [2.45, 2.75) is 45.7 Å². The standard InChI is InChI=1S/C14H27N3O3/c1-4-6-16-13(18)11-9-20-8-7-17(11)14(19)12(15)10(3)5-2/h10-12H,4-9,15H2,1-3H3,(H,16,18). The van der Waals surface area contributed by atoms with Gasteiger partial charge in [-0.05, 0) is 12.3 Å². The Morgan fingerprint density at radius 2 is 2.15 bits per heavy atom. The van der Waals surface area contributed by atoms with Crippen LogP contribution in [0.2, 0.25) is 0 Å². The normalized spacial score (nSPS) is 22.2. The lowest BCUT2D eigenvalue weighted by molar-refractivity contribution is -0.150. The molecule has 1 fully saturated rings. The van der Waals surface area contributed by atoms with Gasteiger partial charge in [0.25, 0.3) is 0 Å². The molecule has 1 aliphatic heterocycles. The second kappa shape index (κ2) is 8.21. The van der Waals surface area contributed by atoms with Gasteiger partial charge in [-0.15, -0.1) is 0 Å². The van der Waals surface area contributed by atoms with E-state index in [1.54, 1.807) is 4.90 Å². The molecule has 3 atom stereocenters. The Hall–Kier alpha value is -1.14. The highest BCUT2D eigenvalue weighted by molar-refractivity contribution is 5.90. The van der Waals surface area contributed by atoms with Crippen molar-refractivity contribution >= 4 is 11.8 Å². The smallest absolute Gasteiger partial charge is 0.245 e. The van der Waals surface area contributed by atoms with Gasteiger partial charge in [-0.2, -0.15) is 0 Å². The molecule has 3 N–H and O–H groups in total. The van der Waals surface area contributed by atoms with E-state index in [9.17, 15) is 9.59 Å². The Labute approximate surface area is 121 Å². The average molecular weight is 285 g/mol. The van der Waals surface area contributed by atoms with Gasteiger partial charge in [-0.3, -0.25) is 9.59 Å². The third-order valence-corrected chi connectivity index (χ3v) is 3.81. The topological polar surface area (TPSA) is 84.7 Å². The number of carbonyl (C=O) groups is 2. The summed E-state index contributed by atoms with van der Waals surface area (Å²) in [5.41, 5.74) is 6.00. The minimum absolute atomic E-state index is 0.102. The number of ether oxygens (including phenoxy) is 1. The van der Waals surface area contributed by atoms with E-state index in [1.165, 1.54) is 0 Å². The highest BCUT2D eigenvalue weighted by Crippen LogP contribution is 2.14. The Morgan fingerprint density at radius 3 is 2.75 bits per heavy atom. The van der Waals surface area contributed by atoms with Crippen LogP contribution in [0.3, 0.4) is 0 Å². The SMILES string of the molecule is CCCNC(=O)C1COCCN1C(=O)C(N)C(C)CC. The zero-order valence-corrected chi connectivity index (χ0v) is 12.7. The van der Waals surface area contributed by atoms with E-state index < -0.39 is 12.1 Å². The highest BCUT2D eigenvalue weighted by atomic mass is 16.5. The number of nitrogens with zero attached hydrogens (tertiary/aromatic N) is 1. The Balaban J connectivity index is 2.72. The first-order chi connectivity index (χ1) is 9.52. The van der Waals surface area contributed by atoms with Crippen LogP contribution in [0.15, 0.2) is 0 Å². The molecular weight excluding hydrogens is 258 g/mol. The lowest BCUT2D eigenvalue weighted by Gasteiger charge is -2.37. The van der Waals surface area contributed by atoms with Crippen molar-refractivity contribution in [2.75, 3.05) is 26.3 Å². The predicted molar refractivity (Wildman–Crippen MR) is 77.1 cm³/mol. The largest absolute Gasteiger partial charge is 0.377 e. The van der Waals surface area contributed by atoms with Crippen molar-refractivity contribution in [3.05, 3.63) is 0 Å². The van der Waals surface area contributed by atoms with E-state index in [0.717, 1.165) is 12.8 Å². The quantitative estimate of drug-likeness (QED) is 0.725. The van der Waals surface area contributed by atoms with Crippen LogP contribution in [0, 0.1) is 5.92 Å². The molecule has 6 heteroatoms. The number of rotatable bonds is 6. The second-order valence-corrected chi connectivity index (χ2v) is 5.32. The molecule has 2 amide bonds. The lowest BCUT2D eigenvalue weighted by Crippen LogP contribution is -2.60. The highest BCUT2D eigenvalue weighted by Gasteiger charge is 2.35. The Bertz CT molecular complexity index is 336. The van der Waals surface area contributed by atoms with Crippen molar-refractivity contribution in [3.8, 4) is 0 Å². The molecule has 0 aliphatic carbocycles. The maximum absolute atomic E-state index is 12.5. The molecule has 0 spiro atoms. The van der Waals surface area contributed by atoms with Crippen molar-refractivity contribution in [1.82, 2.24) is 10.2 Å². The maximum atomic E-state index is 12.5. The molecule has 0 bridgehead atoms. The number of morpholine rings is 1. The summed E-state index contributed by atoms with van der Waals surface area (Å²) in [4.78, 5) is 26.1. The molecule has 1 rings (SSSR count). The number of nitrogens with two attached hydrogens (primary N) is 1. The summed E-state index contributed by atoms with van der Waals surface area (Å²) in [7, 11) is 0. The van der Waals surface area contributed by atoms with Gasteiger partial charge in [0.2, 0.25) is 11.8 Å². The lowest BCUT2D eigenvalue weighted by atomic mass is 9.98. The van der Waals surface area contributed by atoms with Crippen LogP contribution < -0.4 is 11.1 Å². The fourth-order valence-electron chi connectivity index (χ4n) is 2.14. The van der Waals surface area contributed by atoms with Crippen LogP contribution in [0.4, 0.5) is 0 Å². The summed E-state index contributed by atoms with van der Waals surface area (Å²) in [6.07, 6.45) is 1.70. The summed E-state index contributed by atoms with van der Waals surface area (Å²) in [6.45, 7) is 7.67. The van der Waals surface area contributed by atoms with Crippen LogP contribution in [0.5, 0.6) is 0 Å². The van der Waals surface area contributed by atoms with Gasteiger partial charge in [0.1, 0.15) is 6.04 Å². The molecule has 1 saturated heterocycles. The monoisotopic (exact) mass is 285 g/mol. The fourth-order valence-corrected chi connectivity index (χ4v) is 2.14. The van der Waals surface area contributed by atoms with E-state index in [4.69, 9.17) is 10.5 Å². The molecule has 6 nitrogen and oxygen atoms in total. The first kappa shape index (κ1) is 16.9. The molecular formula is C14H27N3O3. The molecule has 1 heterocycles. The Kier molecular flexibility index (Phi) is 6.95. The minimum Gasteiger partial charge on any atom is -0.377 e. The summed E-state index contributed by atoms with van der Waals surface area (Å²) in [5, 5.41) is 2.82. The van der Waals surface area contributed by atoms with Gasteiger partial charge in [0.05, 0.1) is 19.3 Å². The van der Waals surface area contributed by atoms with Crippen molar-refractivity contribution in [2.24, 2.45) is 11.7 Å². The van der Waals surface area contributed by atoms with Gasteiger partial charge in [-0.1, -0.05) is 27.2 Å². The van der Waals surface area contributed by atoms with E-state index >= 15 is 0 Å².